The Morgan fingerprint density at radius 3 is 2.11 bits per heavy atom. The van der Waals surface area contributed by atoms with Gasteiger partial charge >= 0.3 is 6.98 Å². The quantitative estimate of drug-likeness (QED) is 0.130. The Labute approximate surface area is 335 Å². The van der Waals surface area contributed by atoms with E-state index in [0.29, 0.717) is 0 Å². The third-order valence-electron chi connectivity index (χ3n) is 13.3. The number of pyridine rings is 2. The minimum absolute atomic E-state index is 0.0486. The molecule has 0 saturated heterocycles. The van der Waals surface area contributed by atoms with Gasteiger partial charge in [0.1, 0.15) is 23.0 Å². The summed E-state index contributed by atoms with van der Waals surface area (Å²) in [7, 11) is 0. The maximum absolute atomic E-state index is 6.88. The number of aryl methyl sites for hydroxylation is 2. The molecular weight excluding hydrogens is 697 g/mol. The van der Waals surface area contributed by atoms with E-state index in [-0.39, 0.29) is 23.2 Å². The van der Waals surface area contributed by atoms with Crippen molar-refractivity contribution < 1.29 is 4.74 Å². The fourth-order valence-corrected chi connectivity index (χ4v) is 9.48. The van der Waals surface area contributed by atoms with Crippen molar-refractivity contribution in [3.05, 3.63) is 156 Å². The first-order valence-electron chi connectivity index (χ1n) is 20.1. The first-order chi connectivity index (χ1) is 27.3. The van der Waals surface area contributed by atoms with Crippen LogP contribution in [-0.4, -0.2) is 21.4 Å². The van der Waals surface area contributed by atoms with Crippen molar-refractivity contribution in [2.24, 2.45) is 0 Å². The van der Waals surface area contributed by atoms with E-state index in [9.17, 15) is 0 Å². The van der Waals surface area contributed by atoms with Gasteiger partial charge in [-0.05, 0) is 95.8 Å². The van der Waals surface area contributed by atoms with E-state index in [2.05, 4.69) is 198 Å². The number of hydrogen-bond donors (Lipinski definition) is 0. The monoisotopic (exact) mass is 745 g/mol. The maximum Gasteiger partial charge on any atom is 0.422 e. The van der Waals surface area contributed by atoms with Gasteiger partial charge in [-0.3, -0.25) is 4.40 Å². The number of benzene rings is 5. The summed E-state index contributed by atoms with van der Waals surface area (Å²) >= 11 is 0. The number of anilines is 4. The molecule has 5 aromatic carbocycles. The Balaban J connectivity index is 1.15. The predicted octanol–water partition coefficient (Wildman–Crippen LogP) is 12.0. The number of imidazole rings is 1. The van der Waals surface area contributed by atoms with Crippen LogP contribution in [-0.2, 0) is 16.2 Å². The van der Waals surface area contributed by atoms with Crippen LogP contribution in [0.15, 0.2) is 128 Å². The van der Waals surface area contributed by atoms with Gasteiger partial charge in [-0.15, -0.1) is 0 Å². The topological polar surface area (TPSA) is 45.9 Å². The van der Waals surface area contributed by atoms with Crippen LogP contribution in [0.5, 0.6) is 11.5 Å². The van der Waals surface area contributed by atoms with Gasteiger partial charge in [0, 0.05) is 51.4 Å². The van der Waals surface area contributed by atoms with E-state index in [1.54, 1.807) is 0 Å². The Bertz CT molecular complexity index is 2900. The Hall–Kier alpha value is -6.08. The van der Waals surface area contributed by atoms with E-state index >= 15 is 0 Å². The highest BCUT2D eigenvalue weighted by Crippen LogP contribution is 2.52. The first-order valence-corrected chi connectivity index (χ1v) is 20.1. The molecule has 0 radical (unpaired) electrons. The second-order valence-corrected chi connectivity index (χ2v) is 18.1. The molecule has 0 N–H and O–H groups in total. The van der Waals surface area contributed by atoms with E-state index in [0.717, 1.165) is 45.4 Å². The van der Waals surface area contributed by atoms with Crippen LogP contribution in [0.3, 0.4) is 0 Å². The third-order valence-corrected chi connectivity index (χ3v) is 13.3. The highest BCUT2D eigenvalue weighted by molar-refractivity contribution is 6.85. The molecular formula is C50H48BN5O. The molecule has 0 atom stereocenters. The largest absolute Gasteiger partial charge is 0.457 e. The second kappa shape index (κ2) is 12.2. The minimum atomic E-state index is -0.184. The summed E-state index contributed by atoms with van der Waals surface area (Å²) in [5.41, 5.74) is 12.8. The highest BCUT2D eigenvalue weighted by Gasteiger charge is 2.47. The summed E-state index contributed by atoms with van der Waals surface area (Å²) in [5, 5.41) is 3.50. The van der Waals surface area contributed by atoms with E-state index < -0.39 is 0 Å². The van der Waals surface area contributed by atoms with Crippen molar-refractivity contribution in [1.29, 1.82) is 0 Å². The van der Waals surface area contributed by atoms with Crippen LogP contribution >= 0.6 is 0 Å². The number of aromatic nitrogens is 3. The SMILES string of the molecule is Cc1cccc(C)c1B1N(c2ccccc2)c2ccc(Oc3ccc4c(c3)c3ncc5n3c3c(cccc43)C(C)(C)C5(C)C)cc2N1c1cc(C(C)(C)C)ccn1. The van der Waals surface area contributed by atoms with Crippen molar-refractivity contribution in [3.63, 3.8) is 0 Å². The average Bonchev–Trinajstić information content (AvgIpc) is 3.78. The van der Waals surface area contributed by atoms with Gasteiger partial charge in [-0.25, -0.2) is 9.97 Å². The van der Waals surface area contributed by atoms with Crippen LogP contribution in [0.25, 0.3) is 27.3 Å². The molecule has 0 amide bonds. The Kier molecular flexibility index (Phi) is 7.57. The molecule has 3 aromatic heterocycles. The molecule has 0 saturated carbocycles. The van der Waals surface area contributed by atoms with Crippen LogP contribution in [0.2, 0.25) is 0 Å². The van der Waals surface area contributed by atoms with Crippen LogP contribution in [0.1, 0.15) is 76.4 Å². The van der Waals surface area contributed by atoms with Crippen molar-refractivity contribution >= 4 is 62.6 Å². The molecule has 6 nitrogen and oxygen atoms in total. The van der Waals surface area contributed by atoms with Crippen LogP contribution in [0.4, 0.5) is 22.9 Å². The van der Waals surface area contributed by atoms with Crippen molar-refractivity contribution in [2.75, 3.05) is 9.62 Å². The minimum Gasteiger partial charge on any atom is -0.457 e. The summed E-state index contributed by atoms with van der Waals surface area (Å²) in [6, 6.07) is 41.4. The number of nitrogens with zero attached hydrogens (tertiary/aromatic N) is 5. The molecule has 2 aliphatic rings. The van der Waals surface area contributed by atoms with Crippen molar-refractivity contribution in [2.45, 2.75) is 78.6 Å². The van der Waals surface area contributed by atoms with Crippen molar-refractivity contribution in [1.82, 2.24) is 14.4 Å². The van der Waals surface area contributed by atoms with Gasteiger partial charge in [0.15, 0.2) is 0 Å². The molecule has 7 heteroatoms. The molecule has 0 aliphatic carbocycles. The smallest absolute Gasteiger partial charge is 0.422 e. The Morgan fingerprint density at radius 2 is 1.35 bits per heavy atom. The second-order valence-electron chi connectivity index (χ2n) is 18.1. The number of fused-ring (bicyclic) bond motifs is 4. The lowest BCUT2D eigenvalue weighted by molar-refractivity contribution is 0.288. The first kappa shape index (κ1) is 35.3. The molecule has 57 heavy (non-hydrogen) atoms. The van der Waals surface area contributed by atoms with Gasteiger partial charge in [0.2, 0.25) is 0 Å². The zero-order valence-corrected chi connectivity index (χ0v) is 34.3. The van der Waals surface area contributed by atoms with Gasteiger partial charge < -0.3 is 14.4 Å². The number of para-hydroxylation sites is 2. The number of rotatable bonds is 5. The van der Waals surface area contributed by atoms with Gasteiger partial charge in [0.05, 0.1) is 16.9 Å². The third kappa shape index (κ3) is 5.10. The van der Waals surface area contributed by atoms with E-state index in [1.807, 2.05) is 6.20 Å². The lowest BCUT2D eigenvalue weighted by atomic mass is 9.61. The molecule has 0 spiro atoms. The highest BCUT2D eigenvalue weighted by atomic mass is 16.5. The maximum atomic E-state index is 6.88. The fraction of sp³-hybridized carbons (Fsp3) is 0.240. The van der Waals surface area contributed by atoms with Crippen LogP contribution in [0, 0.1) is 13.8 Å². The van der Waals surface area contributed by atoms with Gasteiger partial charge in [-0.2, -0.15) is 0 Å². The summed E-state index contributed by atoms with van der Waals surface area (Å²) in [6.45, 7) is 20.4. The lowest BCUT2D eigenvalue weighted by Gasteiger charge is -2.45. The lowest BCUT2D eigenvalue weighted by Crippen LogP contribution is -2.55. The number of hydrogen-bond acceptors (Lipinski definition) is 5. The molecule has 0 unspecified atom stereocenters. The summed E-state index contributed by atoms with van der Waals surface area (Å²) in [4.78, 5) is 15.0. The average molecular weight is 746 g/mol. The Morgan fingerprint density at radius 1 is 0.632 bits per heavy atom. The summed E-state index contributed by atoms with van der Waals surface area (Å²) in [6.07, 6.45) is 4.04. The molecule has 8 aromatic rings. The zero-order chi connectivity index (χ0) is 39.6. The van der Waals surface area contributed by atoms with Gasteiger partial charge in [-0.1, -0.05) is 114 Å². The van der Waals surface area contributed by atoms with Crippen LogP contribution < -0.4 is 19.8 Å². The molecule has 0 fully saturated rings. The van der Waals surface area contributed by atoms with E-state index in [1.165, 1.54) is 49.7 Å². The number of ether oxygens (including phenoxy) is 1. The van der Waals surface area contributed by atoms with Crippen molar-refractivity contribution in [3.8, 4) is 11.5 Å². The normalized spacial score (nSPS) is 15.6. The summed E-state index contributed by atoms with van der Waals surface area (Å²) in [5.74, 6) is 2.42. The molecule has 0 bridgehead atoms. The van der Waals surface area contributed by atoms with Gasteiger partial charge in [0.25, 0.3) is 0 Å². The molecule has 282 valence electrons. The predicted molar refractivity (Wildman–Crippen MR) is 238 cm³/mol. The molecule has 5 heterocycles. The zero-order valence-electron chi connectivity index (χ0n) is 34.3. The standard InChI is InChI=1S/C50H48BN5O/c1-31-15-13-16-32(2)45(31)51-55(34-17-11-10-12-18-34)41-24-22-36(29-42(41)56(51)44-27-33(25-26-52-44)48(3,4)5)57-35-21-23-37-38-19-14-20-40-46(38)54-43(50(8,9)49(40,6)7)30-53-47(54)39(37)28-35/h10-30H,1-9H3. The fourth-order valence-electron chi connectivity index (χ4n) is 9.48. The van der Waals surface area contributed by atoms with E-state index in [4.69, 9.17) is 14.7 Å². The summed E-state index contributed by atoms with van der Waals surface area (Å²) < 4.78 is 9.28. The molecule has 10 rings (SSSR count). The molecule has 2 aliphatic heterocycles.